The molecule has 3 N–H and O–H groups in total. The molecule has 0 aromatic carbocycles. The first kappa shape index (κ1) is 14.9. The van der Waals surface area contributed by atoms with Gasteiger partial charge in [0.05, 0.1) is 18.3 Å². The Bertz CT molecular complexity index is 339. The van der Waals surface area contributed by atoms with E-state index in [-0.39, 0.29) is 24.2 Å². The minimum absolute atomic E-state index is 0. The molecule has 0 saturated heterocycles. The summed E-state index contributed by atoms with van der Waals surface area (Å²) in [5.41, 5.74) is 6.47. The van der Waals surface area contributed by atoms with Gasteiger partial charge in [-0.15, -0.1) is 12.4 Å². The monoisotopic (exact) mass is 247 g/mol. The third-order valence-corrected chi connectivity index (χ3v) is 2.13. The molecule has 1 amide bonds. The number of halogens is 1. The number of rotatable bonds is 4. The molecule has 0 spiro atoms. The zero-order chi connectivity index (χ0) is 11.4. The summed E-state index contributed by atoms with van der Waals surface area (Å²) in [6.45, 7) is 5.97. The zero-order valence-corrected chi connectivity index (χ0v) is 10.5. The van der Waals surface area contributed by atoms with Crippen LogP contribution in [0.2, 0.25) is 0 Å². The van der Waals surface area contributed by atoms with Crippen LogP contribution in [0.3, 0.4) is 0 Å². The van der Waals surface area contributed by atoms with E-state index in [1.165, 1.54) is 0 Å². The first-order chi connectivity index (χ1) is 7.00. The molecule has 0 radical (unpaired) electrons. The number of nitrogens with two attached hydrogens (primary N) is 1. The Morgan fingerprint density at radius 2 is 2.25 bits per heavy atom. The van der Waals surface area contributed by atoms with Crippen molar-refractivity contribution >= 4 is 18.3 Å². The molecule has 0 fully saturated rings. The molecule has 0 unspecified atom stereocenters. The number of carbonyl (C=O) groups is 1. The van der Waals surface area contributed by atoms with Gasteiger partial charge in [0.2, 0.25) is 5.91 Å². The van der Waals surface area contributed by atoms with Gasteiger partial charge in [-0.1, -0.05) is 19.0 Å². The van der Waals surface area contributed by atoms with Crippen molar-refractivity contribution in [1.82, 2.24) is 10.5 Å². The van der Waals surface area contributed by atoms with Crippen molar-refractivity contribution in [1.29, 1.82) is 0 Å². The van der Waals surface area contributed by atoms with E-state index in [0.29, 0.717) is 12.3 Å². The molecule has 0 aliphatic rings. The molecule has 92 valence electrons. The third kappa shape index (κ3) is 4.20. The molecular formula is C10H18ClN3O2. The molecule has 0 aliphatic heterocycles. The highest BCUT2D eigenvalue weighted by Gasteiger charge is 2.16. The van der Waals surface area contributed by atoms with E-state index >= 15 is 0 Å². The lowest BCUT2D eigenvalue weighted by Crippen LogP contribution is -2.43. The highest BCUT2D eigenvalue weighted by atomic mass is 35.5. The Balaban J connectivity index is 0.00000225. The normalized spacial score (nSPS) is 12.1. The predicted octanol–water partition coefficient (Wildman–Crippen LogP) is 1.00. The van der Waals surface area contributed by atoms with Gasteiger partial charge in [-0.2, -0.15) is 0 Å². The zero-order valence-electron chi connectivity index (χ0n) is 9.69. The van der Waals surface area contributed by atoms with E-state index in [1.807, 2.05) is 20.8 Å². The number of nitrogens with one attached hydrogen (secondary N) is 1. The highest BCUT2D eigenvalue weighted by Crippen LogP contribution is 2.02. The molecule has 1 atom stereocenters. The lowest BCUT2D eigenvalue weighted by molar-refractivity contribution is -0.123. The summed E-state index contributed by atoms with van der Waals surface area (Å²) in [4.78, 5) is 11.5. The Morgan fingerprint density at radius 1 is 1.62 bits per heavy atom. The minimum Gasteiger partial charge on any atom is -0.359 e. The molecule has 0 bridgehead atoms. The molecule has 1 heterocycles. The molecule has 6 heteroatoms. The van der Waals surface area contributed by atoms with Gasteiger partial charge in [-0.25, -0.2) is 0 Å². The van der Waals surface area contributed by atoms with Gasteiger partial charge in [0, 0.05) is 6.07 Å². The number of hydrogen-bond donors (Lipinski definition) is 2. The van der Waals surface area contributed by atoms with E-state index in [0.717, 1.165) is 5.69 Å². The first-order valence-electron chi connectivity index (χ1n) is 4.96. The maximum Gasteiger partial charge on any atom is 0.237 e. The fraction of sp³-hybridized carbons (Fsp3) is 0.600. The summed E-state index contributed by atoms with van der Waals surface area (Å²) in [7, 11) is 0. The Morgan fingerprint density at radius 3 is 2.69 bits per heavy atom. The van der Waals surface area contributed by atoms with Crippen LogP contribution in [0, 0.1) is 12.8 Å². The minimum atomic E-state index is -0.478. The van der Waals surface area contributed by atoms with Crippen LogP contribution in [0.25, 0.3) is 0 Å². The number of hydrogen-bond acceptors (Lipinski definition) is 4. The second-order valence-corrected chi connectivity index (χ2v) is 3.92. The Hall–Kier alpha value is -1.07. The maximum absolute atomic E-state index is 11.5. The maximum atomic E-state index is 11.5. The number of carbonyl (C=O) groups excluding carboxylic acids is 1. The second-order valence-electron chi connectivity index (χ2n) is 3.92. The summed E-state index contributed by atoms with van der Waals surface area (Å²) < 4.78 is 4.95. The van der Waals surface area contributed by atoms with Gasteiger partial charge in [-0.3, -0.25) is 4.79 Å². The van der Waals surface area contributed by atoms with Crippen molar-refractivity contribution in [3.8, 4) is 0 Å². The third-order valence-electron chi connectivity index (χ3n) is 2.13. The first-order valence-corrected chi connectivity index (χ1v) is 4.96. The molecular weight excluding hydrogens is 230 g/mol. The number of aromatic nitrogens is 1. The summed E-state index contributed by atoms with van der Waals surface area (Å²) >= 11 is 0. The summed E-state index contributed by atoms with van der Waals surface area (Å²) in [5.74, 6) is 0.595. The fourth-order valence-electron chi connectivity index (χ4n) is 1.09. The van der Waals surface area contributed by atoms with Gasteiger partial charge in [-0.05, 0) is 12.8 Å². The SMILES string of the molecule is Cc1cc(CNC(=O)[C@H](N)C(C)C)on1.Cl. The highest BCUT2D eigenvalue weighted by molar-refractivity contribution is 5.85. The van der Waals surface area contributed by atoms with Crippen molar-refractivity contribution in [3.63, 3.8) is 0 Å². The van der Waals surface area contributed by atoms with Gasteiger partial charge in [0.1, 0.15) is 0 Å². The van der Waals surface area contributed by atoms with Gasteiger partial charge in [0.15, 0.2) is 5.76 Å². The van der Waals surface area contributed by atoms with E-state index in [9.17, 15) is 4.79 Å². The topological polar surface area (TPSA) is 81.2 Å². The molecule has 1 aromatic rings. The summed E-state index contributed by atoms with van der Waals surface area (Å²) in [5, 5.41) is 6.41. The number of aryl methyl sites for hydroxylation is 1. The lowest BCUT2D eigenvalue weighted by Gasteiger charge is -2.14. The van der Waals surface area contributed by atoms with E-state index in [2.05, 4.69) is 10.5 Å². The number of amides is 1. The quantitative estimate of drug-likeness (QED) is 0.832. The van der Waals surface area contributed by atoms with Crippen LogP contribution < -0.4 is 11.1 Å². The van der Waals surface area contributed by atoms with Gasteiger partial charge < -0.3 is 15.6 Å². The van der Waals surface area contributed by atoms with Gasteiger partial charge in [0.25, 0.3) is 0 Å². The molecule has 0 saturated carbocycles. The molecule has 1 rings (SSSR count). The standard InChI is InChI=1S/C10H17N3O2.ClH/c1-6(2)9(11)10(14)12-5-8-4-7(3)13-15-8;/h4,6,9H,5,11H2,1-3H3,(H,12,14);1H/t9-;/m1./s1. The van der Waals surface area contributed by atoms with Crippen LogP contribution in [0.5, 0.6) is 0 Å². The van der Waals surface area contributed by atoms with E-state index in [4.69, 9.17) is 10.3 Å². The van der Waals surface area contributed by atoms with Crippen molar-refractivity contribution in [2.45, 2.75) is 33.4 Å². The van der Waals surface area contributed by atoms with Crippen LogP contribution in [-0.4, -0.2) is 17.1 Å². The van der Waals surface area contributed by atoms with Crippen LogP contribution in [0.1, 0.15) is 25.3 Å². The fourth-order valence-corrected chi connectivity index (χ4v) is 1.09. The Kier molecular flexibility index (Phi) is 6.06. The van der Waals surface area contributed by atoms with Crippen LogP contribution in [0.15, 0.2) is 10.6 Å². The largest absolute Gasteiger partial charge is 0.359 e. The Labute approximate surface area is 101 Å². The van der Waals surface area contributed by atoms with Crippen molar-refractivity contribution in [2.75, 3.05) is 0 Å². The lowest BCUT2D eigenvalue weighted by atomic mass is 10.1. The van der Waals surface area contributed by atoms with Crippen molar-refractivity contribution in [3.05, 3.63) is 17.5 Å². The summed E-state index contributed by atoms with van der Waals surface area (Å²) in [6.07, 6.45) is 0. The smallest absolute Gasteiger partial charge is 0.237 e. The molecule has 1 aromatic heterocycles. The van der Waals surface area contributed by atoms with Gasteiger partial charge >= 0.3 is 0 Å². The molecule has 0 aliphatic carbocycles. The number of nitrogens with zero attached hydrogens (tertiary/aromatic N) is 1. The van der Waals surface area contributed by atoms with E-state index < -0.39 is 6.04 Å². The van der Waals surface area contributed by atoms with Crippen LogP contribution in [-0.2, 0) is 11.3 Å². The average Bonchev–Trinajstić information content (AvgIpc) is 2.59. The van der Waals surface area contributed by atoms with Crippen molar-refractivity contribution in [2.24, 2.45) is 11.7 Å². The van der Waals surface area contributed by atoms with Crippen LogP contribution >= 0.6 is 12.4 Å². The second kappa shape index (κ2) is 6.50. The molecule has 5 nitrogen and oxygen atoms in total. The summed E-state index contributed by atoms with van der Waals surface area (Å²) in [6, 6.07) is 1.30. The van der Waals surface area contributed by atoms with Crippen molar-refractivity contribution < 1.29 is 9.32 Å². The average molecular weight is 248 g/mol. The molecule has 16 heavy (non-hydrogen) atoms. The van der Waals surface area contributed by atoms with Crippen LogP contribution in [0.4, 0.5) is 0 Å². The predicted molar refractivity (Wildman–Crippen MR) is 63.1 cm³/mol. The van der Waals surface area contributed by atoms with E-state index in [1.54, 1.807) is 6.07 Å².